The number of nitrogens with one attached hydrogen (secondary N) is 1. The molecule has 6 heteroatoms. The van der Waals surface area contributed by atoms with E-state index in [4.69, 9.17) is 10.6 Å². The maximum atomic E-state index is 5.76. The number of nitrogens with two attached hydrogens (primary N) is 1. The van der Waals surface area contributed by atoms with Crippen molar-refractivity contribution in [3.05, 3.63) is 45.7 Å². The first kappa shape index (κ1) is 13.6. The number of fused-ring (bicyclic) bond motifs is 1. The fraction of sp³-hybridized carbons (Fsp3) is 0.357. The minimum Gasteiger partial charge on any atom is -0.493 e. The van der Waals surface area contributed by atoms with Crippen LogP contribution in [0.25, 0.3) is 0 Å². The van der Waals surface area contributed by atoms with Crippen LogP contribution in [-0.2, 0) is 19.9 Å². The predicted molar refractivity (Wildman–Crippen MR) is 80.3 cm³/mol. The Morgan fingerprint density at radius 2 is 2.40 bits per heavy atom. The lowest BCUT2D eigenvalue weighted by molar-refractivity contribution is 0.351. The SMILES string of the molecule is Cn1ccc(C(Cc2cc(Br)cc3c2OCC3)NN)n1. The lowest BCUT2D eigenvalue weighted by Crippen LogP contribution is -2.30. The molecule has 2 heterocycles. The van der Waals surface area contributed by atoms with Gasteiger partial charge in [0.1, 0.15) is 5.75 Å². The molecule has 2 aromatic rings. The molecule has 20 heavy (non-hydrogen) atoms. The van der Waals surface area contributed by atoms with Crippen molar-refractivity contribution in [3.8, 4) is 5.75 Å². The minimum atomic E-state index is -0.0289. The Bertz CT molecular complexity index is 626. The topological polar surface area (TPSA) is 65.1 Å². The van der Waals surface area contributed by atoms with Gasteiger partial charge < -0.3 is 4.74 Å². The first-order valence-electron chi connectivity index (χ1n) is 6.57. The van der Waals surface area contributed by atoms with Crippen LogP contribution in [0, 0.1) is 0 Å². The number of halogens is 1. The summed E-state index contributed by atoms with van der Waals surface area (Å²) in [5, 5.41) is 4.42. The Morgan fingerprint density at radius 1 is 1.55 bits per heavy atom. The van der Waals surface area contributed by atoms with E-state index in [0.29, 0.717) is 0 Å². The van der Waals surface area contributed by atoms with E-state index in [1.165, 1.54) is 5.56 Å². The van der Waals surface area contributed by atoms with Crippen molar-refractivity contribution >= 4 is 15.9 Å². The Kier molecular flexibility index (Phi) is 3.78. The van der Waals surface area contributed by atoms with Crippen molar-refractivity contribution in [2.75, 3.05) is 6.61 Å². The van der Waals surface area contributed by atoms with Gasteiger partial charge in [0.05, 0.1) is 18.3 Å². The molecule has 0 saturated heterocycles. The molecule has 5 nitrogen and oxygen atoms in total. The van der Waals surface area contributed by atoms with Gasteiger partial charge in [-0.2, -0.15) is 5.10 Å². The van der Waals surface area contributed by atoms with Crippen LogP contribution in [0.2, 0.25) is 0 Å². The van der Waals surface area contributed by atoms with Gasteiger partial charge in [0.15, 0.2) is 0 Å². The molecule has 0 amide bonds. The fourth-order valence-electron chi connectivity index (χ4n) is 2.59. The third-order valence-corrected chi connectivity index (χ3v) is 4.00. The maximum absolute atomic E-state index is 5.76. The van der Waals surface area contributed by atoms with Crippen molar-refractivity contribution in [2.45, 2.75) is 18.9 Å². The van der Waals surface area contributed by atoms with Crippen molar-refractivity contribution in [1.82, 2.24) is 15.2 Å². The Balaban J connectivity index is 1.90. The lowest BCUT2D eigenvalue weighted by Gasteiger charge is -2.16. The van der Waals surface area contributed by atoms with E-state index in [9.17, 15) is 0 Å². The summed E-state index contributed by atoms with van der Waals surface area (Å²) in [6, 6.07) is 6.16. The van der Waals surface area contributed by atoms with Gasteiger partial charge in [0, 0.05) is 24.1 Å². The summed E-state index contributed by atoms with van der Waals surface area (Å²) < 4.78 is 8.61. The van der Waals surface area contributed by atoms with E-state index in [1.807, 2.05) is 19.3 Å². The van der Waals surface area contributed by atoms with Crippen LogP contribution in [0.15, 0.2) is 28.9 Å². The third-order valence-electron chi connectivity index (χ3n) is 3.54. The number of rotatable bonds is 4. The number of ether oxygens (including phenoxy) is 1. The average molecular weight is 337 g/mol. The van der Waals surface area contributed by atoms with Crippen molar-refractivity contribution < 1.29 is 4.74 Å². The maximum Gasteiger partial charge on any atom is 0.125 e. The number of nitrogens with zero attached hydrogens (tertiary/aromatic N) is 2. The molecule has 0 aliphatic carbocycles. The zero-order chi connectivity index (χ0) is 14.1. The number of aryl methyl sites for hydroxylation is 1. The van der Waals surface area contributed by atoms with E-state index in [-0.39, 0.29) is 6.04 Å². The number of aromatic nitrogens is 2. The van der Waals surface area contributed by atoms with Crippen LogP contribution in [0.4, 0.5) is 0 Å². The van der Waals surface area contributed by atoms with Gasteiger partial charge in [-0.15, -0.1) is 0 Å². The van der Waals surface area contributed by atoms with Gasteiger partial charge in [-0.05, 0) is 35.7 Å². The summed E-state index contributed by atoms with van der Waals surface area (Å²) in [4.78, 5) is 0. The van der Waals surface area contributed by atoms with E-state index in [0.717, 1.165) is 40.9 Å². The highest BCUT2D eigenvalue weighted by atomic mass is 79.9. The first-order chi connectivity index (χ1) is 9.67. The first-order valence-corrected chi connectivity index (χ1v) is 7.36. The monoisotopic (exact) mass is 336 g/mol. The molecule has 0 saturated carbocycles. The number of hydrogen-bond acceptors (Lipinski definition) is 4. The van der Waals surface area contributed by atoms with Crippen LogP contribution in [-0.4, -0.2) is 16.4 Å². The summed E-state index contributed by atoms with van der Waals surface area (Å²) in [6.07, 6.45) is 3.63. The molecule has 0 fully saturated rings. The highest BCUT2D eigenvalue weighted by molar-refractivity contribution is 9.10. The minimum absolute atomic E-state index is 0.0289. The van der Waals surface area contributed by atoms with Gasteiger partial charge >= 0.3 is 0 Å². The van der Waals surface area contributed by atoms with Crippen LogP contribution in [0.3, 0.4) is 0 Å². The van der Waals surface area contributed by atoms with Crippen molar-refractivity contribution in [3.63, 3.8) is 0 Å². The smallest absolute Gasteiger partial charge is 0.125 e. The van der Waals surface area contributed by atoms with Gasteiger partial charge in [-0.3, -0.25) is 16.0 Å². The average Bonchev–Trinajstić information content (AvgIpc) is 3.04. The second kappa shape index (κ2) is 5.55. The molecule has 1 unspecified atom stereocenters. The molecule has 106 valence electrons. The Morgan fingerprint density at radius 3 is 3.10 bits per heavy atom. The molecule has 1 aliphatic rings. The lowest BCUT2D eigenvalue weighted by atomic mass is 10.0. The molecular formula is C14H17BrN4O. The molecule has 0 radical (unpaired) electrons. The molecule has 0 bridgehead atoms. The summed E-state index contributed by atoms with van der Waals surface area (Å²) in [5.74, 6) is 6.70. The van der Waals surface area contributed by atoms with Crippen LogP contribution < -0.4 is 16.0 Å². The molecule has 1 aromatic heterocycles. The Labute approximate surface area is 126 Å². The second-order valence-electron chi connectivity index (χ2n) is 4.99. The van der Waals surface area contributed by atoms with Crippen molar-refractivity contribution in [1.29, 1.82) is 0 Å². The standard InChI is InChI=1S/C14H17BrN4O/c1-19-4-2-12(18-19)13(17-16)8-10-7-11(15)6-9-3-5-20-14(9)10/h2,4,6-7,13,17H,3,5,8,16H2,1H3. The highest BCUT2D eigenvalue weighted by Gasteiger charge is 2.21. The van der Waals surface area contributed by atoms with E-state index in [1.54, 1.807) is 4.68 Å². The molecule has 0 spiro atoms. The number of benzene rings is 1. The van der Waals surface area contributed by atoms with E-state index >= 15 is 0 Å². The van der Waals surface area contributed by atoms with Crippen LogP contribution >= 0.6 is 15.9 Å². The van der Waals surface area contributed by atoms with E-state index < -0.39 is 0 Å². The fourth-order valence-corrected chi connectivity index (χ4v) is 3.14. The van der Waals surface area contributed by atoms with Crippen molar-refractivity contribution in [2.24, 2.45) is 12.9 Å². The predicted octanol–water partition coefficient (Wildman–Crippen LogP) is 1.86. The highest BCUT2D eigenvalue weighted by Crippen LogP contribution is 2.35. The second-order valence-corrected chi connectivity index (χ2v) is 5.90. The number of hydrogen-bond donors (Lipinski definition) is 2. The number of hydrazine groups is 1. The van der Waals surface area contributed by atoms with Gasteiger partial charge in [-0.25, -0.2) is 0 Å². The Hall–Kier alpha value is -1.37. The van der Waals surface area contributed by atoms with Gasteiger partial charge in [0.25, 0.3) is 0 Å². The molecule has 3 rings (SSSR count). The zero-order valence-electron chi connectivity index (χ0n) is 11.3. The third kappa shape index (κ3) is 2.59. The summed E-state index contributed by atoms with van der Waals surface area (Å²) >= 11 is 3.56. The van der Waals surface area contributed by atoms with E-state index in [2.05, 4.69) is 38.6 Å². The normalized spacial score (nSPS) is 14.9. The molecular weight excluding hydrogens is 320 g/mol. The molecule has 1 aliphatic heterocycles. The summed E-state index contributed by atoms with van der Waals surface area (Å²) in [5.41, 5.74) is 6.19. The summed E-state index contributed by atoms with van der Waals surface area (Å²) in [6.45, 7) is 0.753. The quantitative estimate of drug-likeness (QED) is 0.660. The molecule has 1 atom stereocenters. The van der Waals surface area contributed by atoms with Gasteiger partial charge in [-0.1, -0.05) is 15.9 Å². The van der Waals surface area contributed by atoms with Crippen LogP contribution in [0.1, 0.15) is 22.9 Å². The zero-order valence-corrected chi connectivity index (χ0v) is 12.9. The largest absolute Gasteiger partial charge is 0.493 e. The van der Waals surface area contributed by atoms with Crippen LogP contribution in [0.5, 0.6) is 5.75 Å². The molecule has 3 N–H and O–H groups in total. The van der Waals surface area contributed by atoms with Gasteiger partial charge in [0.2, 0.25) is 0 Å². The molecule has 1 aromatic carbocycles. The summed E-state index contributed by atoms with van der Waals surface area (Å²) in [7, 11) is 1.90.